The molecule has 21 nitrogen and oxygen atoms in total. The third-order valence-electron chi connectivity index (χ3n) is 7.87. The second-order valence-electron chi connectivity index (χ2n) is 11.3. The maximum absolute atomic E-state index is 12.5. The summed E-state index contributed by atoms with van der Waals surface area (Å²) in [5, 5.41) is 117. The number of nitrogens with one attached hydrogen (secondary N) is 2. The van der Waals surface area contributed by atoms with Crippen LogP contribution in [0, 0.1) is 0 Å². The van der Waals surface area contributed by atoms with Crippen molar-refractivity contribution in [3.63, 3.8) is 0 Å². The summed E-state index contributed by atoms with van der Waals surface area (Å²) in [6.07, 6.45) is -24.8. The minimum atomic E-state index is -2.84. The monoisotopic (exact) mass is 674 g/mol. The number of hydrogen-bond acceptors (Lipinski definition) is 18. The van der Waals surface area contributed by atoms with E-state index >= 15 is 0 Å². The van der Waals surface area contributed by atoms with Crippen molar-refractivity contribution in [2.24, 2.45) is 0 Å². The van der Waals surface area contributed by atoms with E-state index in [2.05, 4.69) is 10.6 Å². The molecule has 2 amide bonds. The Morgan fingerprint density at radius 3 is 2.02 bits per heavy atom. The molecule has 16 atom stereocenters. The summed E-state index contributed by atoms with van der Waals surface area (Å²) in [7, 11) is 0. The van der Waals surface area contributed by atoms with Crippen molar-refractivity contribution in [1.82, 2.24) is 10.6 Å². The molecule has 0 unspecified atom stereocenters. The third-order valence-corrected chi connectivity index (χ3v) is 7.87. The lowest BCUT2D eigenvalue weighted by molar-refractivity contribution is -0.351. The van der Waals surface area contributed by atoms with E-state index in [1.165, 1.54) is 0 Å². The fourth-order valence-electron chi connectivity index (χ4n) is 5.45. The molecule has 0 aromatic rings. The van der Waals surface area contributed by atoms with E-state index in [9.17, 15) is 70.6 Å². The number of carbonyl (C=O) groups is 3. The van der Waals surface area contributed by atoms with Crippen molar-refractivity contribution < 1.29 is 94.2 Å². The Labute approximate surface area is 260 Å². The Bertz CT molecular complexity index is 1050. The van der Waals surface area contributed by atoms with Gasteiger partial charge in [0.15, 0.2) is 12.6 Å². The fourth-order valence-corrected chi connectivity index (χ4v) is 5.45. The first-order valence-electron chi connectivity index (χ1n) is 14.2. The van der Waals surface area contributed by atoms with Crippen LogP contribution in [-0.2, 0) is 38.1 Å². The highest BCUT2D eigenvalue weighted by Crippen LogP contribution is 2.35. The Kier molecular flexibility index (Phi) is 13.1. The largest absolute Gasteiger partial charge is 0.477 e. The first-order valence-corrected chi connectivity index (χ1v) is 14.2. The Balaban J connectivity index is 1.87. The second-order valence-corrected chi connectivity index (χ2v) is 11.3. The molecule has 3 saturated heterocycles. The van der Waals surface area contributed by atoms with E-state index < -0.39 is 142 Å². The van der Waals surface area contributed by atoms with Gasteiger partial charge in [-0.25, -0.2) is 4.79 Å². The maximum atomic E-state index is 12.5. The summed E-state index contributed by atoms with van der Waals surface area (Å²) in [5.41, 5.74) is 0. The molecule has 0 aromatic carbocycles. The standard InChI is InChI=1S/C25H42N2O19/c1-7(30)26-13-9(32)3-25(24(40)41,46-21(13)15(34)10(33)4-28)42-6-12-17(36)20(14(22(39)43-12)27-8(2)31)45-23-19(38)18(37)16(35)11(5-29)44-23/h9-23,28-29,32-39H,3-6H2,1-2H3,(H,26,30)(H,27,31)(H,40,41)/t9-,10+,11+,12+,13+,14+,15+,16-,17+,18-,19+,20+,21+,22+,23-,25+/m0/s1. The minimum Gasteiger partial charge on any atom is -0.477 e. The summed E-state index contributed by atoms with van der Waals surface area (Å²) >= 11 is 0. The summed E-state index contributed by atoms with van der Waals surface area (Å²) in [5.74, 6) is -6.18. The topological polar surface area (TPSA) is 344 Å². The molecular weight excluding hydrogens is 632 g/mol. The molecule has 13 N–H and O–H groups in total. The fraction of sp³-hybridized carbons (Fsp3) is 0.880. The predicted octanol–water partition coefficient (Wildman–Crippen LogP) is -8.08. The van der Waals surface area contributed by atoms with E-state index in [1.54, 1.807) is 0 Å². The van der Waals surface area contributed by atoms with Crippen molar-refractivity contribution in [3.05, 3.63) is 0 Å². The molecule has 3 rings (SSSR count). The first kappa shape index (κ1) is 38.3. The van der Waals surface area contributed by atoms with E-state index in [-0.39, 0.29) is 0 Å². The van der Waals surface area contributed by atoms with Gasteiger partial charge in [0.1, 0.15) is 67.1 Å². The summed E-state index contributed by atoms with van der Waals surface area (Å²) in [6.45, 7) is -0.705. The zero-order valence-electron chi connectivity index (χ0n) is 24.7. The molecule has 0 aromatic heterocycles. The van der Waals surface area contributed by atoms with Gasteiger partial charge in [0.25, 0.3) is 5.79 Å². The van der Waals surface area contributed by atoms with E-state index in [1.807, 2.05) is 0 Å². The van der Waals surface area contributed by atoms with Gasteiger partial charge in [0.05, 0.1) is 32.0 Å². The molecular formula is C25H42N2O19. The summed E-state index contributed by atoms with van der Waals surface area (Å²) in [4.78, 5) is 36.0. The summed E-state index contributed by atoms with van der Waals surface area (Å²) < 4.78 is 27.2. The normalized spacial score (nSPS) is 42.9. The molecule has 0 radical (unpaired) electrons. The lowest BCUT2D eigenvalue weighted by Gasteiger charge is -2.48. The van der Waals surface area contributed by atoms with Gasteiger partial charge in [0.2, 0.25) is 11.8 Å². The maximum Gasteiger partial charge on any atom is 0.364 e. The van der Waals surface area contributed by atoms with Crippen LogP contribution in [0.2, 0.25) is 0 Å². The number of carboxylic acids is 1. The molecule has 46 heavy (non-hydrogen) atoms. The number of aliphatic carboxylic acids is 1. The van der Waals surface area contributed by atoms with Crippen LogP contribution in [0.5, 0.6) is 0 Å². The van der Waals surface area contributed by atoms with Gasteiger partial charge in [-0.05, 0) is 0 Å². The van der Waals surface area contributed by atoms with Crippen molar-refractivity contribution >= 4 is 17.8 Å². The zero-order chi connectivity index (χ0) is 34.7. The average molecular weight is 675 g/mol. The first-order chi connectivity index (χ1) is 21.5. The number of aliphatic hydroxyl groups excluding tert-OH is 10. The molecule has 3 aliphatic rings. The molecule has 3 aliphatic heterocycles. The number of hydrogen-bond donors (Lipinski definition) is 13. The number of carbonyl (C=O) groups excluding carboxylic acids is 2. The van der Waals surface area contributed by atoms with Crippen molar-refractivity contribution in [3.8, 4) is 0 Å². The quantitative estimate of drug-likeness (QED) is 0.0913. The van der Waals surface area contributed by atoms with Gasteiger partial charge >= 0.3 is 5.97 Å². The van der Waals surface area contributed by atoms with Crippen LogP contribution in [0.4, 0.5) is 0 Å². The highest BCUT2D eigenvalue weighted by Gasteiger charge is 2.57. The second kappa shape index (κ2) is 15.8. The molecule has 0 aliphatic carbocycles. The molecule has 21 heteroatoms. The molecule has 3 fully saturated rings. The van der Waals surface area contributed by atoms with Crippen LogP contribution < -0.4 is 10.6 Å². The predicted molar refractivity (Wildman–Crippen MR) is 142 cm³/mol. The van der Waals surface area contributed by atoms with E-state index in [4.69, 9.17) is 23.7 Å². The van der Waals surface area contributed by atoms with E-state index in [0.717, 1.165) is 13.8 Å². The van der Waals surface area contributed by atoms with Crippen molar-refractivity contribution in [1.29, 1.82) is 0 Å². The van der Waals surface area contributed by atoms with Gasteiger partial charge in [0, 0.05) is 20.3 Å². The van der Waals surface area contributed by atoms with E-state index in [0.29, 0.717) is 0 Å². The van der Waals surface area contributed by atoms with Crippen LogP contribution in [0.25, 0.3) is 0 Å². The zero-order valence-corrected chi connectivity index (χ0v) is 24.7. The number of rotatable bonds is 12. The number of carboxylic acid groups (broad SMARTS) is 1. The molecule has 0 spiro atoms. The smallest absolute Gasteiger partial charge is 0.364 e. The number of aliphatic hydroxyl groups is 10. The van der Waals surface area contributed by atoms with Gasteiger partial charge in [-0.1, -0.05) is 0 Å². The lowest BCUT2D eigenvalue weighted by atomic mass is 9.88. The molecule has 3 heterocycles. The Morgan fingerprint density at radius 1 is 0.870 bits per heavy atom. The van der Waals surface area contributed by atoms with Gasteiger partial charge in [-0.3, -0.25) is 9.59 Å². The highest BCUT2D eigenvalue weighted by molar-refractivity contribution is 5.76. The van der Waals surface area contributed by atoms with Crippen LogP contribution in [0.15, 0.2) is 0 Å². The third kappa shape index (κ3) is 8.26. The highest BCUT2D eigenvalue weighted by atomic mass is 16.7. The van der Waals surface area contributed by atoms with Crippen LogP contribution in [-0.4, -0.2) is 191 Å². The SMILES string of the molecule is CC(=O)N[C@@H]1[C@@H](O[C@@H]2O[C@H](CO)[C@H](O)[C@H](O)[C@H]2O)[C@H](O)[C@@H](CO[C@]2(C(=O)O)C[C@H](O)[C@@H](NC(C)=O)[C@H]([C@H](O)[C@H](O)CO)O2)O[C@H]1O. The summed E-state index contributed by atoms with van der Waals surface area (Å²) in [6, 6.07) is -3.06. The molecule has 0 saturated carbocycles. The van der Waals surface area contributed by atoms with Crippen molar-refractivity contribution in [2.45, 2.75) is 118 Å². The Morgan fingerprint density at radius 2 is 1.48 bits per heavy atom. The molecule has 0 bridgehead atoms. The minimum absolute atomic E-state index is 0.723. The van der Waals surface area contributed by atoms with Crippen LogP contribution in [0.1, 0.15) is 20.3 Å². The lowest BCUT2D eigenvalue weighted by Crippen LogP contribution is -2.69. The van der Waals surface area contributed by atoms with Gasteiger partial charge in [-0.2, -0.15) is 0 Å². The van der Waals surface area contributed by atoms with Crippen molar-refractivity contribution in [2.75, 3.05) is 19.8 Å². The average Bonchev–Trinajstić information content (AvgIpc) is 2.99. The van der Waals surface area contributed by atoms with Gasteiger partial charge in [-0.15, -0.1) is 0 Å². The van der Waals surface area contributed by atoms with Crippen LogP contribution in [0.3, 0.4) is 0 Å². The Hall–Kier alpha value is -2.19. The van der Waals surface area contributed by atoms with Crippen LogP contribution >= 0.6 is 0 Å². The number of ether oxygens (including phenoxy) is 5. The number of amides is 2. The molecule has 266 valence electrons. The van der Waals surface area contributed by atoms with Gasteiger partial charge < -0.3 is 90.5 Å².